The molecule has 0 saturated carbocycles. The Morgan fingerprint density at radius 3 is 3.04 bits per heavy atom. The van der Waals surface area contributed by atoms with Crippen LogP contribution in [-0.4, -0.2) is 34.2 Å². The van der Waals surface area contributed by atoms with Gasteiger partial charge in [0.05, 0.1) is 17.6 Å². The molecule has 1 aliphatic carbocycles. The Morgan fingerprint density at radius 2 is 2.29 bits per heavy atom. The van der Waals surface area contributed by atoms with Crippen molar-refractivity contribution in [2.45, 2.75) is 38.8 Å². The molecule has 0 spiro atoms. The van der Waals surface area contributed by atoms with Crippen molar-refractivity contribution in [2.24, 2.45) is 0 Å². The Morgan fingerprint density at radius 1 is 1.46 bits per heavy atom. The molecule has 2 N–H and O–H groups in total. The SMILES string of the molecule is Cc1ncc(CNC(=O)N(CCCO)[C@H]2CCc3ccccc32)s1. The van der Waals surface area contributed by atoms with Crippen molar-refractivity contribution in [3.05, 3.63) is 51.5 Å². The van der Waals surface area contributed by atoms with Crippen LogP contribution in [0.25, 0.3) is 0 Å². The zero-order valence-corrected chi connectivity index (χ0v) is 14.7. The van der Waals surface area contributed by atoms with E-state index in [0.29, 0.717) is 19.5 Å². The predicted molar refractivity (Wildman–Crippen MR) is 95.0 cm³/mol. The third-order valence-electron chi connectivity index (χ3n) is 4.38. The fraction of sp³-hybridized carbons (Fsp3) is 0.444. The zero-order valence-electron chi connectivity index (χ0n) is 13.9. The number of hydrogen-bond acceptors (Lipinski definition) is 4. The van der Waals surface area contributed by atoms with E-state index in [9.17, 15) is 9.90 Å². The van der Waals surface area contributed by atoms with Crippen LogP contribution >= 0.6 is 11.3 Å². The van der Waals surface area contributed by atoms with Crippen LogP contribution in [0.15, 0.2) is 30.5 Å². The molecule has 0 bridgehead atoms. The normalized spacial score (nSPS) is 16.0. The average molecular weight is 345 g/mol. The quantitative estimate of drug-likeness (QED) is 0.846. The summed E-state index contributed by atoms with van der Waals surface area (Å²) in [5, 5.41) is 13.2. The lowest BCUT2D eigenvalue weighted by atomic mass is 10.1. The predicted octanol–water partition coefficient (Wildman–Crippen LogP) is 3.03. The van der Waals surface area contributed by atoms with Crippen molar-refractivity contribution < 1.29 is 9.90 Å². The lowest BCUT2D eigenvalue weighted by molar-refractivity contribution is 0.164. The van der Waals surface area contributed by atoms with Gasteiger partial charge >= 0.3 is 6.03 Å². The first kappa shape index (κ1) is 16.9. The largest absolute Gasteiger partial charge is 0.396 e. The minimum atomic E-state index is -0.0730. The molecule has 6 heteroatoms. The number of thiazole rings is 1. The van der Waals surface area contributed by atoms with Crippen LogP contribution in [0.1, 0.15) is 39.9 Å². The second-order valence-electron chi connectivity index (χ2n) is 6.03. The molecule has 1 aromatic carbocycles. The number of aliphatic hydroxyl groups excluding tert-OH is 1. The number of benzene rings is 1. The van der Waals surface area contributed by atoms with Crippen LogP contribution in [0.2, 0.25) is 0 Å². The summed E-state index contributed by atoms with van der Waals surface area (Å²) in [4.78, 5) is 19.9. The van der Waals surface area contributed by atoms with Crippen molar-refractivity contribution in [2.75, 3.05) is 13.2 Å². The molecule has 0 unspecified atom stereocenters. The van der Waals surface area contributed by atoms with E-state index in [1.165, 1.54) is 11.1 Å². The minimum Gasteiger partial charge on any atom is -0.396 e. The molecule has 24 heavy (non-hydrogen) atoms. The van der Waals surface area contributed by atoms with Gasteiger partial charge in [0, 0.05) is 24.2 Å². The van der Waals surface area contributed by atoms with Gasteiger partial charge < -0.3 is 15.3 Å². The highest BCUT2D eigenvalue weighted by Crippen LogP contribution is 2.35. The maximum absolute atomic E-state index is 12.7. The molecule has 2 aromatic rings. The number of aryl methyl sites for hydroxylation is 2. The number of carbonyl (C=O) groups is 1. The van der Waals surface area contributed by atoms with Crippen LogP contribution in [0.4, 0.5) is 4.79 Å². The van der Waals surface area contributed by atoms with Crippen molar-refractivity contribution in [1.82, 2.24) is 15.2 Å². The van der Waals surface area contributed by atoms with Crippen molar-refractivity contribution in [1.29, 1.82) is 0 Å². The molecule has 1 heterocycles. The van der Waals surface area contributed by atoms with Gasteiger partial charge in [0.25, 0.3) is 0 Å². The lowest BCUT2D eigenvalue weighted by Gasteiger charge is -2.30. The number of nitrogens with zero attached hydrogens (tertiary/aromatic N) is 2. The first-order valence-corrected chi connectivity index (χ1v) is 9.15. The van der Waals surface area contributed by atoms with E-state index in [2.05, 4.69) is 22.4 Å². The summed E-state index contributed by atoms with van der Waals surface area (Å²) in [5.74, 6) is 0. The molecule has 1 aliphatic rings. The summed E-state index contributed by atoms with van der Waals surface area (Å²) < 4.78 is 0. The van der Waals surface area contributed by atoms with E-state index < -0.39 is 0 Å². The number of aromatic nitrogens is 1. The maximum Gasteiger partial charge on any atom is 0.318 e. The molecule has 128 valence electrons. The minimum absolute atomic E-state index is 0.0730. The van der Waals surface area contributed by atoms with Gasteiger partial charge in [0.1, 0.15) is 0 Å². The number of hydrogen-bond donors (Lipinski definition) is 2. The number of nitrogens with one attached hydrogen (secondary N) is 1. The smallest absolute Gasteiger partial charge is 0.318 e. The summed E-state index contributed by atoms with van der Waals surface area (Å²) in [7, 11) is 0. The van der Waals surface area contributed by atoms with Crippen LogP contribution in [-0.2, 0) is 13.0 Å². The highest BCUT2D eigenvalue weighted by atomic mass is 32.1. The molecule has 0 radical (unpaired) electrons. The van der Waals surface area contributed by atoms with Crippen LogP contribution < -0.4 is 5.32 Å². The number of amides is 2. The van der Waals surface area contributed by atoms with Gasteiger partial charge in [-0.1, -0.05) is 24.3 Å². The van der Waals surface area contributed by atoms with E-state index in [-0.39, 0.29) is 18.7 Å². The molecule has 5 nitrogen and oxygen atoms in total. The molecule has 3 rings (SSSR count). The van der Waals surface area contributed by atoms with Crippen molar-refractivity contribution in [3.8, 4) is 0 Å². The number of urea groups is 1. The van der Waals surface area contributed by atoms with Gasteiger partial charge in [-0.25, -0.2) is 9.78 Å². The molecule has 0 fully saturated rings. The van der Waals surface area contributed by atoms with Crippen molar-refractivity contribution in [3.63, 3.8) is 0 Å². The van der Waals surface area contributed by atoms with Gasteiger partial charge in [-0.2, -0.15) is 0 Å². The van der Waals surface area contributed by atoms with Crippen LogP contribution in [0.3, 0.4) is 0 Å². The molecule has 0 saturated heterocycles. The number of aliphatic hydroxyl groups is 1. The number of rotatable bonds is 6. The monoisotopic (exact) mass is 345 g/mol. The van der Waals surface area contributed by atoms with Gasteiger partial charge in [-0.05, 0) is 37.3 Å². The molecular weight excluding hydrogens is 322 g/mol. The number of fused-ring (bicyclic) bond motifs is 1. The second kappa shape index (κ2) is 7.77. The summed E-state index contributed by atoms with van der Waals surface area (Å²) in [5.41, 5.74) is 2.56. The first-order valence-electron chi connectivity index (χ1n) is 8.33. The Hall–Kier alpha value is -1.92. The summed E-state index contributed by atoms with van der Waals surface area (Å²) in [6, 6.07) is 8.34. The molecule has 2 amide bonds. The van der Waals surface area contributed by atoms with Gasteiger partial charge in [-0.15, -0.1) is 11.3 Å². The molecule has 1 atom stereocenters. The standard InChI is InChI=1S/C18H23N3O2S/c1-13-19-11-15(24-13)12-20-18(23)21(9-4-10-22)17-8-7-14-5-2-3-6-16(14)17/h2-3,5-6,11,17,22H,4,7-10,12H2,1H3,(H,20,23)/t17-/m0/s1. The topological polar surface area (TPSA) is 65.5 Å². The fourth-order valence-corrected chi connectivity index (χ4v) is 3.98. The lowest BCUT2D eigenvalue weighted by Crippen LogP contribution is -2.42. The molecule has 1 aromatic heterocycles. The van der Waals surface area contributed by atoms with Gasteiger partial charge in [0.15, 0.2) is 0 Å². The number of carbonyl (C=O) groups excluding carboxylic acids is 1. The maximum atomic E-state index is 12.7. The van der Waals surface area contributed by atoms with E-state index in [1.54, 1.807) is 11.3 Å². The highest BCUT2D eigenvalue weighted by Gasteiger charge is 2.30. The molecule has 0 aliphatic heterocycles. The van der Waals surface area contributed by atoms with Gasteiger partial charge in [0.2, 0.25) is 0 Å². The van der Waals surface area contributed by atoms with E-state index >= 15 is 0 Å². The van der Waals surface area contributed by atoms with Gasteiger partial charge in [-0.3, -0.25) is 0 Å². The zero-order chi connectivity index (χ0) is 16.9. The van der Waals surface area contributed by atoms with E-state index in [1.807, 2.05) is 30.2 Å². The molecular formula is C18H23N3O2S. The summed E-state index contributed by atoms with van der Waals surface area (Å²) >= 11 is 1.60. The van der Waals surface area contributed by atoms with E-state index in [0.717, 1.165) is 22.7 Å². The Labute approximate surface area is 146 Å². The Kier molecular flexibility index (Phi) is 5.48. The summed E-state index contributed by atoms with van der Waals surface area (Å²) in [6.07, 6.45) is 4.34. The van der Waals surface area contributed by atoms with Crippen LogP contribution in [0.5, 0.6) is 0 Å². The third kappa shape index (κ3) is 3.76. The Balaban J connectivity index is 1.70. The highest BCUT2D eigenvalue weighted by molar-refractivity contribution is 7.11. The van der Waals surface area contributed by atoms with Crippen molar-refractivity contribution >= 4 is 17.4 Å². The second-order valence-corrected chi connectivity index (χ2v) is 7.35. The first-order chi connectivity index (χ1) is 11.7. The van der Waals surface area contributed by atoms with E-state index in [4.69, 9.17) is 0 Å². The summed E-state index contributed by atoms with van der Waals surface area (Å²) in [6.45, 7) is 3.10. The fourth-order valence-electron chi connectivity index (χ4n) is 3.25. The average Bonchev–Trinajstić information content (AvgIpc) is 3.20. The Bertz CT molecular complexity index is 701. The van der Waals surface area contributed by atoms with Crippen LogP contribution in [0, 0.1) is 6.92 Å². The third-order valence-corrected chi connectivity index (χ3v) is 5.29.